The van der Waals surface area contributed by atoms with Gasteiger partial charge in [-0.2, -0.15) is 10.5 Å². The highest BCUT2D eigenvalue weighted by molar-refractivity contribution is 6.99. The molecule has 2 aromatic carbocycles. The van der Waals surface area contributed by atoms with Crippen LogP contribution in [0.5, 0.6) is 0 Å². The Balaban J connectivity index is 2.64. The van der Waals surface area contributed by atoms with Crippen LogP contribution in [0.2, 0.25) is 5.04 Å². The first-order valence-corrected chi connectivity index (χ1v) is 11.5. The van der Waals surface area contributed by atoms with E-state index in [1.807, 2.05) is 67.6 Å². The molecule has 0 amide bonds. The Morgan fingerprint density at radius 1 is 0.966 bits per heavy atom. The van der Waals surface area contributed by atoms with E-state index in [1.165, 1.54) is 6.40 Å². The fourth-order valence-electron chi connectivity index (χ4n) is 3.41. The first-order valence-electron chi connectivity index (χ1n) is 9.62. The normalized spacial score (nSPS) is 14.0. The predicted molar refractivity (Wildman–Crippen MR) is 118 cm³/mol. The number of benzene rings is 2. The molecule has 0 saturated heterocycles. The van der Waals surface area contributed by atoms with Crippen molar-refractivity contribution in [3.05, 3.63) is 60.7 Å². The van der Waals surface area contributed by atoms with Gasteiger partial charge in [-0.15, -0.1) is 0 Å². The Bertz CT molecular complexity index is 841. The monoisotopic (exact) mass is 405 g/mol. The second kappa shape index (κ2) is 10.0. The predicted octanol–water partition coefficient (Wildman–Crippen LogP) is 3.41. The van der Waals surface area contributed by atoms with Gasteiger partial charge in [-0.05, 0) is 22.3 Å². The molecule has 0 aliphatic carbocycles. The van der Waals surface area contributed by atoms with Crippen LogP contribution in [0.15, 0.2) is 65.7 Å². The van der Waals surface area contributed by atoms with Crippen molar-refractivity contribution in [3.63, 3.8) is 0 Å². The summed E-state index contributed by atoms with van der Waals surface area (Å²) >= 11 is 0. The molecular formula is C23H27N3O2Si. The number of hydrogen-bond donors (Lipinski definition) is 0. The fourth-order valence-corrected chi connectivity index (χ4v) is 7.98. The van der Waals surface area contributed by atoms with Gasteiger partial charge in [-0.1, -0.05) is 81.4 Å². The quantitative estimate of drug-likeness (QED) is 0.383. The van der Waals surface area contributed by atoms with Crippen LogP contribution in [0.25, 0.3) is 0 Å². The van der Waals surface area contributed by atoms with Crippen LogP contribution in [0, 0.1) is 22.7 Å². The number of nitriles is 2. The molecule has 0 N–H and O–H groups in total. The minimum absolute atomic E-state index is 0.297. The van der Waals surface area contributed by atoms with Gasteiger partial charge in [0.2, 0.25) is 0 Å². The lowest BCUT2D eigenvalue weighted by atomic mass is 10.2. The van der Waals surface area contributed by atoms with Gasteiger partial charge in [0.05, 0.1) is 18.7 Å². The first kappa shape index (κ1) is 22.4. The molecule has 2 atom stereocenters. The lowest BCUT2D eigenvalue weighted by Crippen LogP contribution is -2.68. The second-order valence-corrected chi connectivity index (χ2v) is 11.9. The van der Waals surface area contributed by atoms with Crippen molar-refractivity contribution < 1.29 is 9.16 Å². The van der Waals surface area contributed by atoms with Gasteiger partial charge < -0.3 is 9.16 Å². The molecule has 0 fully saturated rings. The van der Waals surface area contributed by atoms with E-state index in [2.05, 4.69) is 37.9 Å². The van der Waals surface area contributed by atoms with Crippen LogP contribution >= 0.6 is 0 Å². The summed E-state index contributed by atoms with van der Waals surface area (Å²) in [6.07, 6.45) is 0.204. The number of ether oxygens (including phenoxy) is 1. The lowest BCUT2D eigenvalue weighted by Gasteiger charge is -2.44. The van der Waals surface area contributed by atoms with Crippen molar-refractivity contribution in [2.75, 3.05) is 6.61 Å². The molecule has 0 saturated carbocycles. The maximum atomic E-state index is 9.89. The molecule has 0 radical (unpaired) electrons. The number of aliphatic imine (C=N–C) groups is 1. The molecule has 0 aliphatic heterocycles. The van der Waals surface area contributed by atoms with Crippen LogP contribution < -0.4 is 10.4 Å². The molecule has 0 aromatic heterocycles. The summed E-state index contributed by atoms with van der Waals surface area (Å²) in [6.45, 7) is 8.64. The van der Waals surface area contributed by atoms with E-state index in [-0.39, 0.29) is 5.04 Å². The van der Waals surface area contributed by atoms with E-state index in [0.717, 1.165) is 10.4 Å². The summed E-state index contributed by atoms with van der Waals surface area (Å²) in [4.78, 5) is 4.12. The van der Waals surface area contributed by atoms with Crippen molar-refractivity contribution >= 4 is 25.1 Å². The molecule has 0 heterocycles. The van der Waals surface area contributed by atoms with Crippen molar-refractivity contribution in [1.29, 1.82) is 10.5 Å². The number of hydrogen-bond acceptors (Lipinski definition) is 5. The third kappa shape index (κ3) is 4.92. The molecule has 0 unspecified atom stereocenters. The van der Waals surface area contributed by atoms with E-state index >= 15 is 0 Å². The van der Waals surface area contributed by atoms with Gasteiger partial charge >= 0.3 is 0 Å². The van der Waals surface area contributed by atoms with E-state index in [1.54, 1.807) is 0 Å². The van der Waals surface area contributed by atoms with E-state index in [0.29, 0.717) is 6.61 Å². The third-order valence-electron chi connectivity index (χ3n) is 4.73. The van der Waals surface area contributed by atoms with Crippen LogP contribution in [-0.2, 0) is 9.16 Å². The minimum Gasteiger partial charge on any atom is -0.484 e. The summed E-state index contributed by atoms with van der Waals surface area (Å²) in [6, 6.07) is 23.3. The van der Waals surface area contributed by atoms with Gasteiger partial charge in [0.1, 0.15) is 0 Å². The van der Waals surface area contributed by atoms with Crippen LogP contribution in [-0.4, -0.2) is 33.5 Å². The highest BCUT2D eigenvalue weighted by Gasteiger charge is 2.52. The topological polar surface area (TPSA) is 78.4 Å². The number of nitrogens with zero attached hydrogens (tertiary/aromatic N) is 3. The Morgan fingerprint density at radius 3 is 1.86 bits per heavy atom. The molecule has 5 nitrogen and oxygen atoms in total. The maximum Gasteiger partial charge on any atom is 0.263 e. The summed E-state index contributed by atoms with van der Waals surface area (Å²) in [5.41, 5.74) is 0. The highest BCUT2D eigenvalue weighted by Crippen LogP contribution is 2.37. The molecule has 0 bridgehead atoms. The smallest absolute Gasteiger partial charge is 0.263 e. The van der Waals surface area contributed by atoms with Crippen LogP contribution in [0.4, 0.5) is 0 Å². The molecule has 29 heavy (non-hydrogen) atoms. The van der Waals surface area contributed by atoms with Crippen LogP contribution in [0.3, 0.4) is 0 Å². The fraction of sp³-hybridized carbons (Fsp3) is 0.348. The molecule has 0 spiro atoms. The Morgan fingerprint density at radius 2 is 1.48 bits per heavy atom. The molecule has 2 rings (SSSR count). The number of rotatable bonds is 8. The van der Waals surface area contributed by atoms with Crippen LogP contribution in [0.1, 0.15) is 27.7 Å². The van der Waals surface area contributed by atoms with Gasteiger partial charge in [0, 0.05) is 0 Å². The molecule has 150 valence electrons. The Hall–Kier alpha value is -2.93. The summed E-state index contributed by atoms with van der Waals surface area (Å²) in [7, 11) is -2.95. The average molecular weight is 406 g/mol. The Labute approximate surface area is 174 Å². The largest absolute Gasteiger partial charge is 0.484 e. The molecule has 6 heteroatoms. The Kier molecular flexibility index (Phi) is 7.72. The molecule has 2 aromatic rings. The summed E-state index contributed by atoms with van der Waals surface area (Å²) in [5.74, 6) is 0. The standard InChI is InChI=1S/C23H27N3O2Si/c1-5-27-18-26-21(16-24)22(17-25)28-29(23(2,3)4,19-12-8-6-9-13-19)20-14-10-7-11-15-20/h6-15,18,21-22H,5H2,1-4H3/t21-,22+/m1/s1. The molecule has 0 aliphatic rings. The van der Waals surface area contributed by atoms with E-state index in [4.69, 9.17) is 9.16 Å². The van der Waals surface area contributed by atoms with E-state index < -0.39 is 20.5 Å². The summed E-state index contributed by atoms with van der Waals surface area (Å²) in [5, 5.41) is 21.3. The highest BCUT2D eigenvalue weighted by atomic mass is 28.4. The molecular weight excluding hydrogens is 378 g/mol. The van der Waals surface area contributed by atoms with Gasteiger partial charge in [-0.25, -0.2) is 4.99 Å². The average Bonchev–Trinajstić information content (AvgIpc) is 2.73. The minimum atomic E-state index is -2.95. The van der Waals surface area contributed by atoms with Gasteiger partial charge in [0.15, 0.2) is 18.5 Å². The van der Waals surface area contributed by atoms with Gasteiger partial charge in [0.25, 0.3) is 8.32 Å². The van der Waals surface area contributed by atoms with Gasteiger partial charge in [-0.3, -0.25) is 0 Å². The van der Waals surface area contributed by atoms with Crippen molar-refractivity contribution in [2.24, 2.45) is 4.99 Å². The zero-order valence-corrected chi connectivity index (χ0v) is 18.4. The lowest BCUT2D eigenvalue weighted by molar-refractivity contribution is 0.226. The third-order valence-corrected chi connectivity index (χ3v) is 9.74. The van der Waals surface area contributed by atoms with Crippen molar-refractivity contribution in [3.8, 4) is 12.1 Å². The van der Waals surface area contributed by atoms with Crippen molar-refractivity contribution in [1.82, 2.24) is 0 Å². The van der Waals surface area contributed by atoms with E-state index in [9.17, 15) is 10.5 Å². The zero-order valence-electron chi connectivity index (χ0n) is 17.4. The second-order valence-electron chi connectivity index (χ2n) is 7.61. The zero-order chi connectivity index (χ0) is 21.3. The van der Waals surface area contributed by atoms with Crippen molar-refractivity contribution in [2.45, 2.75) is 44.9 Å². The first-order chi connectivity index (χ1) is 13.9. The summed E-state index contributed by atoms with van der Waals surface area (Å²) < 4.78 is 11.8. The maximum absolute atomic E-state index is 9.89. The SMILES string of the molecule is CCOC=N[C@H](C#N)[C@H](C#N)O[Si](c1ccccc1)(c1ccccc1)C(C)(C)C.